The Labute approximate surface area is 196 Å². The molecule has 2 aromatic heterocycles. The number of carbonyl (C=O) groups excluding carboxylic acids is 1. The molecule has 9 nitrogen and oxygen atoms in total. The summed E-state index contributed by atoms with van der Waals surface area (Å²) in [6, 6.07) is 18.8. The van der Waals surface area contributed by atoms with Crippen molar-refractivity contribution in [3.05, 3.63) is 78.8 Å². The monoisotopic (exact) mass is 477 g/mol. The first-order chi connectivity index (χ1) is 16.5. The predicted octanol–water partition coefficient (Wildman–Crippen LogP) is 3.74. The van der Waals surface area contributed by atoms with Gasteiger partial charge in [-0.25, -0.2) is 18.4 Å². The summed E-state index contributed by atoms with van der Waals surface area (Å²) in [5, 5.41) is 3.35. The van der Waals surface area contributed by atoms with E-state index in [1.807, 2.05) is 18.2 Å². The van der Waals surface area contributed by atoms with E-state index in [9.17, 15) is 13.2 Å². The number of nitrogens with one attached hydrogen (secondary N) is 2. The third-order valence-corrected chi connectivity index (χ3v) is 7.06. The fourth-order valence-corrected chi connectivity index (χ4v) is 4.96. The summed E-state index contributed by atoms with van der Waals surface area (Å²) in [6.07, 6.45) is 2.83. The van der Waals surface area contributed by atoms with Crippen molar-refractivity contribution in [3.63, 3.8) is 0 Å². The second-order valence-electron chi connectivity index (χ2n) is 8.02. The van der Waals surface area contributed by atoms with E-state index in [-0.39, 0.29) is 22.7 Å². The number of amides is 1. The van der Waals surface area contributed by atoms with Crippen molar-refractivity contribution in [1.29, 1.82) is 0 Å². The molecule has 0 atom stereocenters. The summed E-state index contributed by atoms with van der Waals surface area (Å²) >= 11 is 0. The third-order valence-electron chi connectivity index (χ3n) is 5.71. The SMILES string of the molecule is O=C(c1ccco1)N1CCC(Nc2nc3ccccc3nc2NS(=O)(=O)c2ccccc2)CC1. The molecule has 1 aliphatic heterocycles. The molecule has 174 valence electrons. The molecule has 5 rings (SSSR count). The highest BCUT2D eigenvalue weighted by Gasteiger charge is 2.26. The number of anilines is 2. The molecular weight excluding hydrogens is 454 g/mol. The van der Waals surface area contributed by atoms with E-state index in [4.69, 9.17) is 4.42 Å². The number of aromatic nitrogens is 2. The normalized spacial score (nSPS) is 14.8. The van der Waals surface area contributed by atoms with Crippen LogP contribution in [0, 0.1) is 0 Å². The zero-order valence-corrected chi connectivity index (χ0v) is 19.0. The quantitative estimate of drug-likeness (QED) is 0.434. The maximum atomic E-state index is 13.0. The van der Waals surface area contributed by atoms with Gasteiger partial charge in [-0.2, -0.15) is 0 Å². The molecule has 2 aromatic carbocycles. The summed E-state index contributed by atoms with van der Waals surface area (Å²) < 4.78 is 33.7. The molecule has 0 aliphatic carbocycles. The van der Waals surface area contributed by atoms with Crippen molar-refractivity contribution < 1.29 is 17.6 Å². The predicted molar refractivity (Wildman–Crippen MR) is 128 cm³/mol. The molecule has 2 N–H and O–H groups in total. The number of hydrogen-bond acceptors (Lipinski definition) is 7. The van der Waals surface area contributed by atoms with Crippen molar-refractivity contribution in [2.75, 3.05) is 23.1 Å². The van der Waals surface area contributed by atoms with E-state index in [0.29, 0.717) is 48.5 Å². The molecule has 0 bridgehead atoms. The maximum Gasteiger partial charge on any atom is 0.289 e. The Morgan fingerprint density at radius 3 is 2.18 bits per heavy atom. The zero-order valence-electron chi connectivity index (χ0n) is 18.2. The minimum Gasteiger partial charge on any atom is -0.459 e. The van der Waals surface area contributed by atoms with Gasteiger partial charge in [0.1, 0.15) is 0 Å². The average molecular weight is 478 g/mol. The molecule has 0 spiro atoms. The summed E-state index contributed by atoms with van der Waals surface area (Å²) in [5.41, 5.74) is 1.23. The van der Waals surface area contributed by atoms with E-state index >= 15 is 0 Å². The van der Waals surface area contributed by atoms with Gasteiger partial charge in [-0.05, 0) is 49.2 Å². The average Bonchev–Trinajstić information content (AvgIpc) is 3.40. The molecule has 0 saturated carbocycles. The number of fused-ring (bicyclic) bond motifs is 1. The highest BCUT2D eigenvalue weighted by atomic mass is 32.2. The van der Waals surface area contributed by atoms with E-state index in [2.05, 4.69) is 20.0 Å². The second-order valence-corrected chi connectivity index (χ2v) is 9.70. The fourth-order valence-electron chi connectivity index (χ4n) is 3.93. The van der Waals surface area contributed by atoms with E-state index in [1.54, 1.807) is 41.3 Å². The minimum absolute atomic E-state index is 0.00362. The Morgan fingerprint density at radius 2 is 1.53 bits per heavy atom. The lowest BCUT2D eigenvalue weighted by Gasteiger charge is -2.32. The topological polar surface area (TPSA) is 117 Å². The smallest absolute Gasteiger partial charge is 0.289 e. The van der Waals surface area contributed by atoms with Crippen LogP contribution >= 0.6 is 0 Å². The Balaban J connectivity index is 1.37. The first-order valence-corrected chi connectivity index (χ1v) is 12.4. The number of hydrogen-bond donors (Lipinski definition) is 2. The van der Waals surface area contributed by atoms with Gasteiger partial charge in [0.05, 0.1) is 22.2 Å². The van der Waals surface area contributed by atoms with Gasteiger partial charge in [0, 0.05) is 19.1 Å². The van der Waals surface area contributed by atoms with Crippen molar-refractivity contribution in [3.8, 4) is 0 Å². The molecule has 3 heterocycles. The zero-order chi connectivity index (χ0) is 23.5. The molecule has 1 amide bonds. The Hall–Kier alpha value is -3.92. The van der Waals surface area contributed by atoms with Crippen LogP contribution in [0.2, 0.25) is 0 Å². The van der Waals surface area contributed by atoms with Crippen LogP contribution in [0.25, 0.3) is 11.0 Å². The lowest BCUT2D eigenvalue weighted by Crippen LogP contribution is -2.42. The van der Waals surface area contributed by atoms with Crippen molar-refractivity contribution >= 4 is 38.6 Å². The second kappa shape index (κ2) is 9.14. The van der Waals surface area contributed by atoms with Crippen LogP contribution in [0.4, 0.5) is 11.6 Å². The maximum absolute atomic E-state index is 13.0. The van der Waals surface area contributed by atoms with Crippen LogP contribution in [0.1, 0.15) is 23.4 Å². The summed E-state index contributed by atoms with van der Waals surface area (Å²) in [4.78, 5) is 23.6. The minimum atomic E-state index is -3.85. The molecule has 4 aromatic rings. The lowest BCUT2D eigenvalue weighted by atomic mass is 10.0. The Kier molecular flexibility index (Phi) is 5.89. The van der Waals surface area contributed by atoms with E-state index in [1.165, 1.54) is 18.4 Å². The number of carbonyl (C=O) groups is 1. The first-order valence-electron chi connectivity index (χ1n) is 10.9. The van der Waals surface area contributed by atoms with E-state index < -0.39 is 10.0 Å². The Bertz CT molecular complexity index is 1400. The van der Waals surface area contributed by atoms with Gasteiger partial charge in [-0.15, -0.1) is 0 Å². The van der Waals surface area contributed by atoms with Gasteiger partial charge >= 0.3 is 0 Å². The number of benzene rings is 2. The largest absolute Gasteiger partial charge is 0.459 e. The number of para-hydroxylation sites is 2. The van der Waals surface area contributed by atoms with Gasteiger partial charge in [-0.1, -0.05) is 30.3 Å². The molecule has 1 fully saturated rings. The van der Waals surface area contributed by atoms with Crippen LogP contribution in [-0.4, -0.2) is 48.3 Å². The fraction of sp³-hybridized carbons (Fsp3) is 0.208. The van der Waals surface area contributed by atoms with Gasteiger partial charge in [0.15, 0.2) is 17.4 Å². The molecule has 10 heteroatoms. The number of piperidine rings is 1. The molecule has 1 saturated heterocycles. The van der Waals surface area contributed by atoms with Crippen molar-refractivity contribution in [1.82, 2.24) is 14.9 Å². The van der Waals surface area contributed by atoms with Gasteiger partial charge in [-0.3, -0.25) is 9.52 Å². The summed E-state index contributed by atoms with van der Waals surface area (Å²) in [5.74, 6) is 0.681. The van der Waals surface area contributed by atoms with Gasteiger partial charge in [0.2, 0.25) is 0 Å². The molecule has 1 aliphatic rings. The van der Waals surface area contributed by atoms with Gasteiger partial charge < -0.3 is 14.6 Å². The lowest BCUT2D eigenvalue weighted by molar-refractivity contribution is 0.0686. The van der Waals surface area contributed by atoms with Crippen LogP contribution in [0.3, 0.4) is 0 Å². The number of sulfonamides is 1. The standard InChI is InChI=1S/C24H23N5O4S/c30-24(21-11-6-16-33-21)29-14-12-17(13-15-29)25-22-23(27-20-10-5-4-9-19(20)26-22)28-34(31,32)18-7-2-1-3-8-18/h1-11,16-17H,12-15H2,(H,25,26)(H,27,28). The molecule has 0 radical (unpaired) electrons. The van der Waals surface area contributed by atoms with Crippen LogP contribution in [0.5, 0.6) is 0 Å². The summed E-state index contributed by atoms with van der Waals surface area (Å²) in [6.45, 7) is 1.09. The van der Waals surface area contributed by atoms with E-state index in [0.717, 1.165) is 0 Å². The number of likely N-dealkylation sites (tertiary alicyclic amines) is 1. The van der Waals surface area contributed by atoms with Gasteiger partial charge in [0.25, 0.3) is 15.9 Å². The molecule has 34 heavy (non-hydrogen) atoms. The van der Waals surface area contributed by atoms with Crippen molar-refractivity contribution in [2.45, 2.75) is 23.8 Å². The molecular formula is C24H23N5O4S. The third kappa shape index (κ3) is 4.58. The highest BCUT2D eigenvalue weighted by Crippen LogP contribution is 2.27. The van der Waals surface area contributed by atoms with Crippen molar-refractivity contribution in [2.24, 2.45) is 0 Å². The first kappa shape index (κ1) is 21.9. The van der Waals surface area contributed by atoms with Crippen LogP contribution < -0.4 is 10.0 Å². The Morgan fingerprint density at radius 1 is 0.882 bits per heavy atom. The summed E-state index contributed by atoms with van der Waals surface area (Å²) in [7, 11) is -3.85. The number of rotatable bonds is 6. The molecule has 0 unspecified atom stereocenters. The van der Waals surface area contributed by atoms with Crippen LogP contribution in [-0.2, 0) is 10.0 Å². The number of nitrogens with zero attached hydrogens (tertiary/aromatic N) is 3. The van der Waals surface area contributed by atoms with Crippen LogP contribution in [0.15, 0.2) is 82.3 Å². The number of furan rings is 1. The highest BCUT2D eigenvalue weighted by molar-refractivity contribution is 7.92.